The van der Waals surface area contributed by atoms with Gasteiger partial charge in [0.1, 0.15) is 12.4 Å². The van der Waals surface area contributed by atoms with Crippen LogP contribution in [-0.2, 0) is 13.0 Å². The van der Waals surface area contributed by atoms with Crippen LogP contribution in [0, 0.1) is 5.82 Å². The number of thioether (sulfide) groups is 1. The predicted octanol–water partition coefficient (Wildman–Crippen LogP) is 4.90. The molecule has 5 rings (SSSR count). The van der Waals surface area contributed by atoms with Crippen molar-refractivity contribution in [3.05, 3.63) is 95.6 Å². The number of para-hydroxylation sites is 2. The molecule has 0 fully saturated rings. The summed E-state index contributed by atoms with van der Waals surface area (Å²) in [5, 5.41) is 9.09. The van der Waals surface area contributed by atoms with E-state index in [1.165, 1.54) is 17.8 Å². The van der Waals surface area contributed by atoms with Gasteiger partial charge in [-0.15, -0.1) is 10.2 Å². The standard InChI is InChI=1S/C25H20FN3O3S/c26-20-8-4-5-9-23(20)32-15-24-27-28-25(29(24)19-6-2-1-3-7-19)33-16-21(30)17-10-11-22-18(14-17)12-13-31-22/h1-11,14H,12-13,15-16H2. The number of Topliss-reactive ketones (excluding diaryl/α,β-unsaturated/α-hetero) is 1. The number of ketones is 1. The van der Waals surface area contributed by atoms with Crippen LogP contribution >= 0.6 is 11.8 Å². The van der Waals surface area contributed by atoms with Crippen molar-refractivity contribution in [2.45, 2.75) is 18.2 Å². The third kappa shape index (κ3) is 4.61. The number of hydrogen-bond donors (Lipinski definition) is 0. The van der Waals surface area contributed by atoms with E-state index in [4.69, 9.17) is 9.47 Å². The van der Waals surface area contributed by atoms with Crippen LogP contribution in [0.15, 0.2) is 78.0 Å². The zero-order chi connectivity index (χ0) is 22.6. The molecule has 0 aliphatic carbocycles. The zero-order valence-electron chi connectivity index (χ0n) is 17.6. The SMILES string of the molecule is O=C(CSc1nnc(COc2ccccc2F)n1-c1ccccc1)c1ccc2c(c1)CCO2. The van der Waals surface area contributed by atoms with Crippen molar-refractivity contribution in [2.24, 2.45) is 0 Å². The summed E-state index contributed by atoms with van der Waals surface area (Å²) in [5.41, 5.74) is 2.55. The summed E-state index contributed by atoms with van der Waals surface area (Å²) in [6.45, 7) is 0.682. The zero-order valence-corrected chi connectivity index (χ0v) is 18.4. The molecule has 3 aromatic carbocycles. The number of aromatic nitrogens is 3. The lowest BCUT2D eigenvalue weighted by Crippen LogP contribution is -2.08. The van der Waals surface area contributed by atoms with E-state index in [0.29, 0.717) is 23.2 Å². The summed E-state index contributed by atoms with van der Waals surface area (Å²) < 4.78 is 27.0. The van der Waals surface area contributed by atoms with Crippen LogP contribution in [0.25, 0.3) is 5.69 Å². The highest BCUT2D eigenvalue weighted by atomic mass is 32.2. The molecular formula is C25H20FN3O3S. The molecule has 1 aliphatic rings. The number of hydrogen-bond acceptors (Lipinski definition) is 6. The van der Waals surface area contributed by atoms with Gasteiger partial charge in [-0.05, 0) is 48.0 Å². The Kier molecular flexibility index (Phi) is 6.08. The summed E-state index contributed by atoms with van der Waals surface area (Å²) in [6, 6.07) is 21.3. The van der Waals surface area contributed by atoms with Crippen LogP contribution in [-0.4, -0.2) is 32.9 Å². The first-order valence-corrected chi connectivity index (χ1v) is 11.5. The van der Waals surface area contributed by atoms with E-state index >= 15 is 0 Å². The van der Waals surface area contributed by atoms with Crippen LogP contribution in [0.2, 0.25) is 0 Å². The van der Waals surface area contributed by atoms with Gasteiger partial charge in [-0.3, -0.25) is 9.36 Å². The molecule has 0 amide bonds. The van der Waals surface area contributed by atoms with E-state index in [2.05, 4.69) is 10.2 Å². The largest absolute Gasteiger partial charge is 0.493 e. The fourth-order valence-corrected chi connectivity index (χ4v) is 4.47. The Balaban J connectivity index is 1.36. The first-order chi connectivity index (χ1) is 16.2. The Labute approximate surface area is 194 Å². The van der Waals surface area contributed by atoms with Crippen LogP contribution in [0.4, 0.5) is 4.39 Å². The van der Waals surface area contributed by atoms with E-state index < -0.39 is 5.82 Å². The molecule has 0 saturated carbocycles. The fraction of sp³-hybridized carbons (Fsp3) is 0.160. The van der Waals surface area contributed by atoms with Gasteiger partial charge in [0, 0.05) is 17.7 Å². The van der Waals surface area contributed by atoms with Crippen LogP contribution in [0.5, 0.6) is 11.5 Å². The second kappa shape index (κ2) is 9.46. The van der Waals surface area contributed by atoms with E-state index in [9.17, 15) is 9.18 Å². The Morgan fingerprint density at radius 3 is 2.73 bits per heavy atom. The van der Waals surface area contributed by atoms with Gasteiger partial charge in [0.15, 0.2) is 28.3 Å². The fourth-order valence-electron chi connectivity index (χ4n) is 3.60. The summed E-state index contributed by atoms with van der Waals surface area (Å²) >= 11 is 1.30. The second-order valence-corrected chi connectivity index (χ2v) is 8.36. The molecule has 1 aliphatic heterocycles. The first-order valence-electron chi connectivity index (χ1n) is 10.5. The molecule has 0 bridgehead atoms. The molecule has 0 saturated heterocycles. The molecular weight excluding hydrogens is 441 g/mol. The molecule has 8 heteroatoms. The van der Waals surface area contributed by atoms with Gasteiger partial charge in [-0.2, -0.15) is 0 Å². The molecule has 0 spiro atoms. The highest BCUT2D eigenvalue weighted by Crippen LogP contribution is 2.28. The Bertz CT molecular complexity index is 1290. The van der Waals surface area contributed by atoms with Crippen molar-refractivity contribution >= 4 is 17.5 Å². The quantitative estimate of drug-likeness (QED) is 0.275. The number of fused-ring (bicyclic) bond motifs is 1. The maximum atomic E-state index is 14.0. The summed E-state index contributed by atoms with van der Waals surface area (Å²) in [4.78, 5) is 12.8. The number of carbonyl (C=O) groups excluding carboxylic acids is 1. The molecule has 0 unspecified atom stereocenters. The third-order valence-corrected chi connectivity index (χ3v) is 6.18. The molecule has 0 N–H and O–H groups in total. The number of rotatable bonds is 8. The van der Waals surface area contributed by atoms with Gasteiger partial charge in [0.2, 0.25) is 0 Å². The highest BCUT2D eigenvalue weighted by Gasteiger charge is 2.19. The van der Waals surface area contributed by atoms with Gasteiger partial charge in [0.25, 0.3) is 0 Å². The van der Waals surface area contributed by atoms with Gasteiger partial charge in [0.05, 0.1) is 12.4 Å². The molecule has 6 nitrogen and oxygen atoms in total. The summed E-state index contributed by atoms with van der Waals surface area (Å²) in [6.07, 6.45) is 0.817. The number of ether oxygens (including phenoxy) is 2. The minimum absolute atomic E-state index is 0.00136. The molecule has 4 aromatic rings. The molecule has 0 atom stereocenters. The first kappa shape index (κ1) is 21.2. The molecule has 2 heterocycles. The summed E-state index contributed by atoms with van der Waals surface area (Å²) in [7, 11) is 0. The number of halogens is 1. The minimum Gasteiger partial charge on any atom is -0.493 e. The Morgan fingerprint density at radius 2 is 1.88 bits per heavy atom. The maximum absolute atomic E-state index is 14.0. The van der Waals surface area contributed by atoms with Crippen molar-refractivity contribution in [3.8, 4) is 17.2 Å². The van der Waals surface area contributed by atoms with E-state index in [0.717, 1.165) is 23.4 Å². The van der Waals surface area contributed by atoms with Crippen molar-refractivity contribution in [1.29, 1.82) is 0 Å². The third-order valence-electron chi connectivity index (χ3n) is 5.25. The normalized spacial score (nSPS) is 12.3. The molecule has 33 heavy (non-hydrogen) atoms. The lowest BCUT2D eigenvalue weighted by atomic mass is 10.1. The monoisotopic (exact) mass is 461 g/mol. The smallest absolute Gasteiger partial charge is 0.196 e. The lowest BCUT2D eigenvalue weighted by Gasteiger charge is -2.11. The topological polar surface area (TPSA) is 66.2 Å². The van der Waals surface area contributed by atoms with Crippen LogP contribution < -0.4 is 9.47 Å². The second-order valence-electron chi connectivity index (χ2n) is 7.42. The van der Waals surface area contributed by atoms with E-state index in [1.54, 1.807) is 24.3 Å². The Morgan fingerprint density at radius 1 is 1.06 bits per heavy atom. The minimum atomic E-state index is -0.441. The Hall–Kier alpha value is -3.65. The van der Waals surface area contributed by atoms with Crippen molar-refractivity contribution in [3.63, 3.8) is 0 Å². The number of nitrogens with zero attached hydrogens (tertiary/aromatic N) is 3. The summed E-state index contributed by atoms with van der Waals surface area (Å²) in [5.74, 6) is 1.27. The van der Waals surface area contributed by atoms with Gasteiger partial charge < -0.3 is 9.47 Å². The number of benzene rings is 3. The number of carbonyl (C=O) groups is 1. The van der Waals surface area contributed by atoms with Crippen molar-refractivity contribution in [2.75, 3.05) is 12.4 Å². The van der Waals surface area contributed by atoms with Gasteiger partial charge in [-0.25, -0.2) is 4.39 Å². The predicted molar refractivity (Wildman–Crippen MR) is 123 cm³/mol. The van der Waals surface area contributed by atoms with E-state index in [-0.39, 0.29) is 23.9 Å². The van der Waals surface area contributed by atoms with Gasteiger partial charge >= 0.3 is 0 Å². The lowest BCUT2D eigenvalue weighted by molar-refractivity contribution is 0.102. The maximum Gasteiger partial charge on any atom is 0.196 e. The molecule has 1 aromatic heterocycles. The van der Waals surface area contributed by atoms with E-state index in [1.807, 2.05) is 47.0 Å². The van der Waals surface area contributed by atoms with Crippen molar-refractivity contribution in [1.82, 2.24) is 14.8 Å². The van der Waals surface area contributed by atoms with Crippen LogP contribution in [0.3, 0.4) is 0 Å². The van der Waals surface area contributed by atoms with Gasteiger partial charge in [-0.1, -0.05) is 42.1 Å². The average Bonchev–Trinajstić information content (AvgIpc) is 3.49. The average molecular weight is 462 g/mol. The van der Waals surface area contributed by atoms with Crippen LogP contribution in [0.1, 0.15) is 21.7 Å². The van der Waals surface area contributed by atoms with Crippen molar-refractivity contribution < 1.29 is 18.7 Å². The molecule has 166 valence electrons. The molecule has 0 radical (unpaired) electrons. The highest BCUT2D eigenvalue weighted by molar-refractivity contribution is 7.99.